The summed E-state index contributed by atoms with van der Waals surface area (Å²) in [5, 5.41) is 3.55. The van der Waals surface area contributed by atoms with Crippen molar-refractivity contribution in [2.45, 2.75) is 32.9 Å². The van der Waals surface area contributed by atoms with E-state index in [1.54, 1.807) is 0 Å². The number of nitrogens with one attached hydrogen (secondary N) is 1. The molecular weight excluding hydrogens is 186 g/mol. The van der Waals surface area contributed by atoms with E-state index in [-0.39, 0.29) is 0 Å². The highest BCUT2D eigenvalue weighted by atomic mass is 16.5. The molecule has 1 atom stereocenters. The van der Waals surface area contributed by atoms with E-state index in [1.807, 2.05) is 0 Å². The third-order valence-corrected chi connectivity index (χ3v) is 3.14. The van der Waals surface area contributed by atoms with Crippen molar-refractivity contribution in [1.82, 2.24) is 5.32 Å². The standard InChI is InChI=1S/C13H19NO/c1-10-4-3-5-11(2)13(10)8-14-12-6-7-15-9-12/h3-5,12,14H,6-9H2,1-2H3. The summed E-state index contributed by atoms with van der Waals surface area (Å²) < 4.78 is 5.34. The average molecular weight is 205 g/mol. The molecule has 1 fully saturated rings. The minimum absolute atomic E-state index is 0.545. The van der Waals surface area contributed by atoms with E-state index in [9.17, 15) is 0 Å². The number of aryl methyl sites for hydroxylation is 2. The van der Waals surface area contributed by atoms with Crippen molar-refractivity contribution in [3.05, 3.63) is 34.9 Å². The molecule has 0 spiro atoms. The molecule has 2 rings (SSSR count). The Kier molecular flexibility index (Phi) is 3.39. The maximum absolute atomic E-state index is 5.34. The molecule has 1 aromatic rings. The van der Waals surface area contributed by atoms with Crippen LogP contribution < -0.4 is 5.32 Å². The van der Waals surface area contributed by atoms with Gasteiger partial charge in [-0.25, -0.2) is 0 Å². The minimum atomic E-state index is 0.545. The van der Waals surface area contributed by atoms with Gasteiger partial charge in [0.25, 0.3) is 0 Å². The van der Waals surface area contributed by atoms with Gasteiger partial charge in [-0.1, -0.05) is 18.2 Å². The quantitative estimate of drug-likeness (QED) is 0.816. The van der Waals surface area contributed by atoms with Gasteiger partial charge in [0.15, 0.2) is 0 Å². The van der Waals surface area contributed by atoms with Crippen molar-refractivity contribution < 1.29 is 4.74 Å². The molecule has 2 heteroatoms. The maximum Gasteiger partial charge on any atom is 0.0620 e. The SMILES string of the molecule is Cc1cccc(C)c1CNC1CCOC1. The fraction of sp³-hybridized carbons (Fsp3) is 0.538. The Morgan fingerprint density at radius 3 is 2.67 bits per heavy atom. The normalized spacial score (nSPS) is 20.8. The fourth-order valence-electron chi connectivity index (χ4n) is 2.07. The van der Waals surface area contributed by atoms with Crippen LogP contribution in [0.5, 0.6) is 0 Å². The Morgan fingerprint density at radius 2 is 2.07 bits per heavy atom. The lowest BCUT2D eigenvalue weighted by Gasteiger charge is -2.14. The molecule has 2 nitrogen and oxygen atoms in total. The van der Waals surface area contributed by atoms with Crippen LogP contribution in [0.4, 0.5) is 0 Å². The molecule has 1 heterocycles. The first kappa shape index (κ1) is 10.7. The maximum atomic E-state index is 5.34. The van der Waals surface area contributed by atoms with Crippen molar-refractivity contribution >= 4 is 0 Å². The molecule has 0 aliphatic carbocycles. The van der Waals surface area contributed by atoms with Gasteiger partial charge in [-0.05, 0) is 37.0 Å². The Balaban J connectivity index is 1.97. The second-order valence-corrected chi connectivity index (χ2v) is 4.31. The summed E-state index contributed by atoms with van der Waals surface area (Å²) in [6.45, 7) is 7.09. The highest BCUT2D eigenvalue weighted by molar-refractivity contribution is 5.33. The van der Waals surface area contributed by atoms with Gasteiger partial charge in [-0.15, -0.1) is 0 Å². The summed E-state index contributed by atoms with van der Waals surface area (Å²) in [7, 11) is 0. The van der Waals surface area contributed by atoms with E-state index in [2.05, 4.69) is 37.4 Å². The van der Waals surface area contributed by atoms with Gasteiger partial charge in [0.1, 0.15) is 0 Å². The lowest BCUT2D eigenvalue weighted by Crippen LogP contribution is -2.29. The molecule has 1 aliphatic rings. The average Bonchev–Trinajstić information content (AvgIpc) is 2.70. The molecule has 0 amide bonds. The van der Waals surface area contributed by atoms with Crippen LogP contribution in [-0.4, -0.2) is 19.3 Å². The number of ether oxygens (including phenoxy) is 1. The molecule has 1 aliphatic heterocycles. The number of rotatable bonds is 3. The van der Waals surface area contributed by atoms with Gasteiger partial charge >= 0.3 is 0 Å². The zero-order valence-electron chi connectivity index (χ0n) is 9.55. The second-order valence-electron chi connectivity index (χ2n) is 4.31. The molecule has 1 unspecified atom stereocenters. The van der Waals surface area contributed by atoms with Crippen molar-refractivity contribution in [3.8, 4) is 0 Å². The highest BCUT2D eigenvalue weighted by Crippen LogP contribution is 2.14. The topological polar surface area (TPSA) is 21.3 Å². The Hall–Kier alpha value is -0.860. The molecule has 1 saturated heterocycles. The van der Waals surface area contributed by atoms with E-state index >= 15 is 0 Å². The van der Waals surface area contributed by atoms with E-state index in [0.29, 0.717) is 6.04 Å². The van der Waals surface area contributed by atoms with Crippen molar-refractivity contribution in [1.29, 1.82) is 0 Å². The van der Waals surface area contributed by atoms with Crippen LogP contribution in [0.15, 0.2) is 18.2 Å². The first-order chi connectivity index (χ1) is 7.27. The Bertz CT molecular complexity index is 309. The summed E-state index contributed by atoms with van der Waals surface area (Å²) in [5.41, 5.74) is 4.19. The molecule has 0 radical (unpaired) electrons. The minimum Gasteiger partial charge on any atom is -0.380 e. The Morgan fingerprint density at radius 1 is 1.33 bits per heavy atom. The summed E-state index contributed by atoms with van der Waals surface area (Å²) in [6, 6.07) is 7.01. The van der Waals surface area contributed by atoms with Crippen molar-refractivity contribution in [2.24, 2.45) is 0 Å². The van der Waals surface area contributed by atoms with Crippen molar-refractivity contribution in [2.75, 3.05) is 13.2 Å². The van der Waals surface area contributed by atoms with Crippen LogP contribution in [-0.2, 0) is 11.3 Å². The summed E-state index contributed by atoms with van der Waals surface area (Å²) in [5.74, 6) is 0. The van der Waals surface area contributed by atoms with Gasteiger partial charge in [0, 0.05) is 19.2 Å². The molecule has 0 aromatic heterocycles. The zero-order valence-corrected chi connectivity index (χ0v) is 9.55. The first-order valence-corrected chi connectivity index (χ1v) is 5.63. The van der Waals surface area contributed by atoms with Gasteiger partial charge < -0.3 is 10.1 Å². The second kappa shape index (κ2) is 4.77. The lowest BCUT2D eigenvalue weighted by molar-refractivity contribution is 0.190. The molecule has 15 heavy (non-hydrogen) atoms. The van der Waals surface area contributed by atoms with E-state index in [0.717, 1.165) is 26.2 Å². The molecule has 0 bridgehead atoms. The third kappa shape index (κ3) is 2.58. The zero-order chi connectivity index (χ0) is 10.7. The van der Waals surface area contributed by atoms with Gasteiger partial charge in [-0.3, -0.25) is 0 Å². The summed E-state index contributed by atoms with van der Waals surface area (Å²) >= 11 is 0. The van der Waals surface area contributed by atoms with E-state index in [4.69, 9.17) is 4.74 Å². The van der Waals surface area contributed by atoms with Crippen LogP contribution in [0.25, 0.3) is 0 Å². The number of hydrogen-bond donors (Lipinski definition) is 1. The van der Waals surface area contributed by atoms with Crippen LogP contribution in [0, 0.1) is 13.8 Å². The van der Waals surface area contributed by atoms with Gasteiger partial charge in [0.05, 0.1) is 6.61 Å². The summed E-state index contributed by atoms with van der Waals surface area (Å²) in [6.07, 6.45) is 1.14. The molecule has 82 valence electrons. The van der Waals surface area contributed by atoms with Gasteiger partial charge in [0.2, 0.25) is 0 Å². The molecule has 0 saturated carbocycles. The van der Waals surface area contributed by atoms with Crippen LogP contribution in [0.1, 0.15) is 23.1 Å². The number of hydrogen-bond acceptors (Lipinski definition) is 2. The highest BCUT2D eigenvalue weighted by Gasteiger charge is 2.15. The smallest absolute Gasteiger partial charge is 0.0620 e. The Labute approximate surface area is 91.6 Å². The van der Waals surface area contributed by atoms with Crippen LogP contribution in [0.2, 0.25) is 0 Å². The lowest BCUT2D eigenvalue weighted by atomic mass is 10.0. The number of benzene rings is 1. The fourth-order valence-corrected chi connectivity index (χ4v) is 2.07. The van der Waals surface area contributed by atoms with Crippen LogP contribution in [0.3, 0.4) is 0 Å². The monoisotopic (exact) mass is 205 g/mol. The van der Waals surface area contributed by atoms with Gasteiger partial charge in [-0.2, -0.15) is 0 Å². The van der Waals surface area contributed by atoms with Crippen LogP contribution >= 0.6 is 0 Å². The van der Waals surface area contributed by atoms with Crippen molar-refractivity contribution in [3.63, 3.8) is 0 Å². The predicted octanol–water partition coefficient (Wildman–Crippen LogP) is 2.18. The molecule has 1 aromatic carbocycles. The summed E-state index contributed by atoms with van der Waals surface area (Å²) in [4.78, 5) is 0. The van der Waals surface area contributed by atoms with E-state index in [1.165, 1.54) is 16.7 Å². The molecule has 1 N–H and O–H groups in total. The predicted molar refractivity (Wildman–Crippen MR) is 62.0 cm³/mol. The molecular formula is C13H19NO. The largest absolute Gasteiger partial charge is 0.380 e. The van der Waals surface area contributed by atoms with E-state index < -0.39 is 0 Å². The first-order valence-electron chi connectivity index (χ1n) is 5.63. The third-order valence-electron chi connectivity index (χ3n) is 3.14.